The molecule has 2 rings (SSSR count). The van der Waals surface area contributed by atoms with Crippen LogP contribution in [-0.2, 0) is 14.3 Å². The van der Waals surface area contributed by atoms with Crippen molar-refractivity contribution in [3.63, 3.8) is 0 Å². The molecule has 0 saturated carbocycles. The van der Waals surface area contributed by atoms with Gasteiger partial charge in [-0.25, -0.2) is 0 Å². The van der Waals surface area contributed by atoms with Crippen molar-refractivity contribution in [1.29, 1.82) is 0 Å². The van der Waals surface area contributed by atoms with Crippen molar-refractivity contribution in [2.45, 2.75) is 115 Å². The molecule has 0 spiro atoms. The maximum atomic E-state index is 11.2. The summed E-state index contributed by atoms with van der Waals surface area (Å²) < 4.78 is 11.4. The van der Waals surface area contributed by atoms with Gasteiger partial charge in [-0.05, 0) is 25.7 Å². The van der Waals surface area contributed by atoms with Crippen LogP contribution < -0.4 is 0 Å². The molecule has 2 aliphatic rings. The van der Waals surface area contributed by atoms with Crippen molar-refractivity contribution in [3.05, 3.63) is 0 Å². The molecule has 0 bridgehead atoms. The summed E-state index contributed by atoms with van der Waals surface area (Å²) in [7, 11) is 0. The second-order valence-electron chi connectivity index (χ2n) is 7.06. The number of esters is 1. The zero-order chi connectivity index (χ0) is 15.6. The van der Waals surface area contributed by atoms with Crippen LogP contribution in [0.15, 0.2) is 0 Å². The number of hydrogen-bond acceptors (Lipinski definition) is 3. The van der Waals surface area contributed by atoms with E-state index < -0.39 is 0 Å². The van der Waals surface area contributed by atoms with Crippen molar-refractivity contribution in [2.24, 2.45) is 0 Å². The highest BCUT2D eigenvalue weighted by Crippen LogP contribution is 2.31. The second-order valence-corrected chi connectivity index (χ2v) is 7.06. The van der Waals surface area contributed by atoms with E-state index in [1.807, 2.05) is 0 Å². The highest BCUT2D eigenvalue weighted by Gasteiger charge is 2.36. The minimum atomic E-state index is -0.0454. The van der Waals surface area contributed by atoms with Gasteiger partial charge >= 0.3 is 5.97 Å². The molecular weight excluding hydrogens is 276 g/mol. The lowest BCUT2D eigenvalue weighted by molar-refractivity contribution is -0.146. The van der Waals surface area contributed by atoms with Gasteiger partial charge in [-0.3, -0.25) is 4.79 Å². The number of rotatable bonds is 11. The van der Waals surface area contributed by atoms with Crippen molar-refractivity contribution in [2.75, 3.05) is 0 Å². The Morgan fingerprint density at radius 1 is 0.864 bits per heavy atom. The minimum Gasteiger partial charge on any atom is -0.460 e. The Labute approximate surface area is 136 Å². The molecule has 0 radical (unpaired) electrons. The first-order valence-electron chi connectivity index (χ1n) is 9.64. The maximum Gasteiger partial charge on any atom is 0.306 e. The van der Waals surface area contributed by atoms with E-state index in [1.54, 1.807) is 0 Å². The van der Waals surface area contributed by atoms with Crippen LogP contribution >= 0.6 is 0 Å². The first kappa shape index (κ1) is 17.8. The molecule has 2 aliphatic heterocycles. The van der Waals surface area contributed by atoms with Crippen molar-refractivity contribution >= 4 is 5.97 Å². The van der Waals surface area contributed by atoms with E-state index in [2.05, 4.69) is 6.92 Å². The van der Waals surface area contributed by atoms with Crippen molar-refractivity contribution < 1.29 is 14.3 Å². The summed E-state index contributed by atoms with van der Waals surface area (Å²) in [5.74, 6) is -0.0454. The van der Waals surface area contributed by atoms with Crippen LogP contribution in [0.25, 0.3) is 0 Å². The summed E-state index contributed by atoms with van der Waals surface area (Å²) in [4.78, 5) is 11.2. The SMILES string of the molecule is CCCCCCCCCCC[C@@H]1CC[C@H]([C@H]2CCC(=O)O2)O1. The van der Waals surface area contributed by atoms with E-state index in [0.29, 0.717) is 12.5 Å². The zero-order valence-electron chi connectivity index (χ0n) is 14.4. The number of hydrogen-bond donors (Lipinski definition) is 0. The number of carbonyl (C=O) groups is 1. The molecule has 0 aliphatic carbocycles. The van der Waals surface area contributed by atoms with Gasteiger partial charge in [0.15, 0.2) is 0 Å². The van der Waals surface area contributed by atoms with Gasteiger partial charge in [-0.2, -0.15) is 0 Å². The van der Waals surface area contributed by atoms with Crippen LogP contribution in [0.1, 0.15) is 96.8 Å². The smallest absolute Gasteiger partial charge is 0.306 e. The summed E-state index contributed by atoms with van der Waals surface area (Å²) in [6, 6.07) is 0. The topological polar surface area (TPSA) is 35.5 Å². The van der Waals surface area contributed by atoms with E-state index in [9.17, 15) is 4.79 Å². The minimum absolute atomic E-state index is 0.0422. The summed E-state index contributed by atoms with van der Waals surface area (Å²) >= 11 is 0. The summed E-state index contributed by atoms with van der Waals surface area (Å²) in [6.07, 6.45) is 17.9. The fraction of sp³-hybridized carbons (Fsp3) is 0.947. The zero-order valence-corrected chi connectivity index (χ0v) is 14.4. The molecule has 128 valence electrons. The highest BCUT2D eigenvalue weighted by molar-refractivity contribution is 5.71. The normalized spacial score (nSPS) is 28.2. The average molecular weight is 310 g/mol. The van der Waals surface area contributed by atoms with Gasteiger partial charge in [0.1, 0.15) is 6.10 Å². The molecule has 3 nitrogen and oxygen atoms in total. The largest absolute Gasteiger partial charge is 0.460 e. The monoisotopic (exact) mass is 310 g/mol. The Hall–Kier alpha value is -0.570. The van der Waals surface area contributed by atoms with Crippen LogP contribution in [0.5, 0.6) is 0 Å². The van der Waals surface area contributed by atoms with Crippen LogP contribution in [-0.4, -0.2) is 24.3 Å². The molecule has 0 unspecified atom stereocenters. The third-order valence-corrected chi connectivity index (χ3v) is 5.10. The molecule has 0 aromatic carbocycles. The molecule has 0 aromatic heterocycles. The van der Waals surface area contributed by atoms with Crippen molar-refractivity contribution in [3.8, 4) is 0 Å². The quantitative estimate of drug-likeness (QED) is 0.390. The fourth-order valence-corrected chi connectivity index (χ4v) is 3.71. The molecular formula is C19H34O3. The summed E-state index contributed by atoms with van der Waals surface area (Å²) in [5.41, 5.74) is 0. The van der Waals surface area contributed by atoms with Gasteiger partial charge < -0.3 is 9.47 Å². The number of ether oxygens (including phenoxy) is 2. The molecule has 22 heavy (non-hydrogen) atoms. The van der Waals surface area contributed by atoms with Gasteiger partial charge in [0.2, 0.25) is 0 Å². The van der Waals surface area contributed by atoms with E-state index in [1.165, 1.54) is 64.2 Å². The number of carbonyl (C=O) groups excluding carboxylic acids is 1. The molecule has 0 aromatic rings. The Balaban J connectivity index is 1.43. The molecule has 2 saturated heterocycles. The highest BCUT2D eigenvalue weighted by atomic mass is 16.6. The Morgan fingerprint density at radius 3 is 2.18 bits per heavy atom. The summed E-state index contributed by atoms with van der Waals surface area (Å²) in [5, 5.41) is 0. The van der Waals surface area contributed by atoms with Gasteiger partial charge in [0, 0.05) is 6.42 Å². The van der Waals surface area contributed by atoms with Crippen LogP contribution in [0.3, 0.4) is 0 Å². The Bertz CT molecular complexity index is 316. The average Bonchev–Trinajstić information content (AvgIpc) is 3.14. The van der Waals surface area contributed by atoms with Gasteiger partial charge in [0.25, 0.3) is 0 Å². The van der Waals surface area contributed by atoms with Crippen LogP contribution in [0, 0.1) is 0 Å². The Kier molecular flexibility index (Phi) is 8.28. The lowest BCUT2D eigenvalue weighted by Gasteiger charge is -2.18. The second kappa shape index (κ2) is 10.3. The van der Waals surface area contributed by atoms with Crippen molar-refractivity contribution in [1.82, 2.24) is 0 Å². The van der Waals surface area contributed by atoms with E-state index >= 15 is 0 Å². The van der Waals surface area contributed by atoms with E-state index in [-0.39, 0.29) is 18.2 Å². The maximum absolute atomic E-state index is 11.2. The number of cyclic esters (lactones) is 1. The molecule has 3 heteroatoms. The first-order valence-corrected chi connectivity index (χ1v) is 9.64. The van der Waals surface area contributed by atoms with E-state index in [0.717, 1.165) is 19.3 Å². The van der Waals surface area contributed by atoms with Gasteiger partial charge in [-0.1, -0.05) is 64.7 Å². The number of unbranched alkanes of at least 4 members (excludes halogenated alkanes) is 8. The summed E-state index contributed by atoms with van der Waals surface area (Å²) in [6.45, 7) is 2.27. The molecule has 2 fully saturated rings. The lowest BCUT2D eigenvalue weighted by Crippen LogP contribution is -2.26. The molecule has 3 atom stereocenters. The van der Waals surface area contributed by atoms with Crippen LogP contribution in [0.2, 0.25) is 0 Å². The van der Waals surface area contributed by atoms with E-state index in [4.69, 9.17) is 9.47 Å². The molecule has 2 heterocycles. The Morgan fingerprint density at radius 2 is 1.55 bits per heavy atom. The lowest BCUT2D eigenvalue weighted by atomic mass is 10.0. The molecule has 0 amide bonds. The van der Waals surface area contributed by atoms with Gasteiger partial charge in [0.05, 0.1) is 12.2 Å². The third kappa shape index (κ3) is 6.28. The first-order chi connectivity index (χ1) is 10.8. The molecule has 0 N–H and O–H groups in total. The third-order valence-electron chi connectivity index (χ3n) is 5.10. The van der Waals surface area contributed by atoms with Gasteiger partial charge in [-0.15, -0.1) is 0 Å². The standard InChI is InChI=1S/C19H34O3/c1-2-3-4-5-6-7-8-9-10-11-16-12-13-17(21-16)18-14-15-19(20)22-18/h16-18H,2-15H2,1H3/t16-,17-,18-/m1/s1. The fourth-order valence-electron chi connectivity index (χ4n) is 3.71. The van der Waals surface area contributed by atoms with Crippen LogP contribution in [0.4, 0.5) is 0 Å². The predicted octanol–water partition coefficient (Wildman–Crippen LogP) is 5.16. The predicted molar refractivity (Wildman–Crippen MR) is 88.9 cm³/mol.